The van der Waals surface area contributed by atoms with Crippen molar-refractivity contribution < 1.29 is 9.90 Å². The Kier molecular flexibility index (Phi) is 3.29. The van der Waals surface area contributed by atoms with Gasteiger partial charge in [0.1, 0.15) is 5.54 Å². The standard InChI is InChI=1S/C15H20N2O2/c18-14(19)15(17-8-3-6-16-7-9-17)10-12-4-1-2-5-13(12)11-15/h1-2,4-5,16H,3,6-11H2,(H,18,19). The molecule has 2 aliphatic rings. The van der Waals surface area contributed by atoms with Crippen molar-refractivity contribution in [3.05, 3.63) is 35.4 Å². The van der Waals surface area contributed by atoms with E-state index in [0.717, 1.165) is 32.6 Å². The van der Waals surface area contributed by atoms with Gasteiger partial charge in [-0.3, -0.25) is 9.69 Å². The maximum Gasteiger partial charge on any atom is 0.324 e. The minimum Gasteiger partial charge on any atom is -0.480 e. The lowest BCUT2D eigenvalue weighted by molar-refractivity contribution is -0.151. The fraction of sp³-hybridized carbons (Fsp3) is 0.533. The molecule has 4 nitrogen and oxygen atoms in total. The van der Waals surface area contributed by atoms with Crippen LogP contribution in [-0.2, 0) is 17.6 Å². The van der Waals surface area contributed by atoms with Gasteiger partial charge in [0.05, 0.1) is 0 Å². The van der Waals surface area contributed by atoms with Crippen molar-refractivity contribution in [1.82, 2.24) is 10.2 Å². The van der Waals surface area contributed by atoms with E-state index in [9.17, 15) is 9.90 Å². The molecular formula is C15H20N2O2. The minimum atomic E-state index is -0.726. The predicted molar refractivity (Wildman–Crippen MR) is 73.3 cm³/mol. The van der Waals surface area contributed by atoms with Crippen LogP contribution in [0.3, 0.4) is 0 Å². The molecule has 1 heterocycles. The zero-order valence-corrected chi connectivity index (χ0v) is 11.1. The Morgan fingerprint density at radius 1 is 1.16 bits per heavy atom. The SMILES string of the molecule is O=C(O)C1(N2CCCNCC2)Cc2ccccc2C1. The van der Waals surface area contributed by atoms with Gasteiger partial charge in [-0.05, 0) is 24.1 Å². The molecule has 0 unspecified atom stereocenters. The first-order valence-corrected chi connectivity index (χ1v) is 6.98. The highest BCUT2D eigenvalue weighted by molar-refractivity contribution is 5.81. The molecule has 0 atom stereocenters. The number of aliphatic carboxylic acids is 1. The Hall–Kier alpha value is -1.39. The summed E-state index contributed by atoms with van der Waals surface area (Å²) in [6, 6.07) is 8.13. The second kappa shape index (κ2) is 4.94. The van der Waals surface area contributed by atoms with E-state index < -0.39 is 11.5 Å². The summed E-state index contributed by atoms with van der Waals surface area (Å²) in [4.78, 5) is 14.1. The van der Waals surface area contributed by atoms with Crippen molar-refractivity contribution in [1.29, 1.82) is 0 Å². The van der Waals surface area contributed by atoms with Gasteiger partial charge in [0.15, 0.2) is 0 Å². The number of fused-ring (bicyclic) bond motifs is 1. The zero-order valence-electron chi connectivity index (χ0n) is 11.1. The molecule has 0 amide bonds. The third-order valence-corrected chi connectivity index (χ3v) is 4.43. The van der Waals surface area contributed by atoms with Crippen LogP contribution in [0.15, 0.2) is 24.3 Å². The molecule has 4 heteroatoms. The van der Waals surface area contributed by atoms with Crippen LogP contribution in [0, 0.1) is 0 Å². The second-order valence-corrected chi connectivity index (χ2v) is 5.55. The lowest BCUT2D eigenvalue weighted by atomic mass is 9.93. The van der Waals surface area contributed by atoms with E-state index in [2.05, 4.69) is 22.3 Å². The van der Waals surface area contributed by atoms with Crippen molar-refractivity contribution in [2.45, 2.75) is 24.8 Å². The molecule has 1 aromatic rings. The lowest BCUT2D eigenvalue weighted by Gasteiger charge is -2.37. The molecule has 0 bridgehead atoms. The van der Waals surface area contributed by atoms with Crippen molar-refractivity contribution in [3.63, 3.8) is 0 Å². The molecule has 1 aliphatic heterocycles. The molecule has 102 valence electrons. The predicted octanol–water partition coefficient (Wildman–Crippen LogP) is 0.904. The van der Waals surface area contributed by atoms with Gasteiger partial charge < -0.3 is 10.4 Å². The van der Waals surface area contributed by atoms with Gasteiger partial charge in [0.25, 0.3) is 0 Å². The normalized spacial score (nSPS) is 22.7. The first-order valence-electron chi connectivity index (χ1n) is 6.98. The number of nitrogens with one attached hydrogen (secondary N) is 1. The molecule has 0 saturated carbocycles. The quantitative estimate of drug-likeness (QED) is 0.829. The van der Waals surface area contributed by atoms with E-state index in [1.165, 1.54) is 11.1 Å². The first-order chi connectivity index (χ1) is 9.22. The molecular weight excluding hydrogens is 240 g/mol. The topological polar surface area (TPSA) is 52.6 Å². The summed E-state index contributed by atoms with van der Waals surface area (Å²) in [6.45, 7) is 3.55. The van der Waals surface area contributed by atoms with Gasteiger partial charge in [-0.1, -0.05) is 24.3 Å². The number of benzene rings is 1. The number of nitrogens with zero attached hydrogens (tertiary/aromatic N) is 1. The van der Waals surface area contributed by atoms with Crippen LogP contribution >= 0.6 is 0 Å². The van der Waals surface area contributed by atoms with Crippen LogP contribution in [0.2, 0.25) is 0 Å². The Morgan fingerprint density at radius 2 is 1.84 bits per heavy atom. The van der Waals surface area contributed by atoms with Gasteiger partial charge in [-0.15, -0.1) is 0 Å². The van der Waals surface area contributed by atoms with E-state index in [4.69, 9.17) is 0 Å². The van der Waals surface area contributed by atoms with Crippen molar-refractivity contribution >= 4 is 5.97 Å². The number of carbonyl (C=O) groups is 1. The maximum atomic E-state index is 11.9. The summed E-state index contributed by atoms with van der Waals surface area (Å²) in [5.41, 5.74) is 1.67. The lowest BCUT2D eigenvalue weighted by Crippen LogP contribution is -2.56. The largest absolute Gasteiger partial charge is 0.480 e. The van der Waals surface area contributed by atoms with Gasteiger partial charge >= 0.3 is 5.97 Å². The Balaban J connectivity index is 1.92. The Labute approximate surface area is 113 Å². The highest BCUT2D eigenvalue weighted by atomic mass is 16.4. The summed E-state index contributed by atoms with van der Waals surface area (Å²) >= 11 is 0. The number of carboxylic acid groups (broad SMARTS) is 1. The van der Waals surface area contributed by atoms with Crippen LogP contribution in [0.4, 0.5) is 0 Å². The van der Waals surface area contributed by atoms with Crippen LogP contribution < -0.4 is 5.32 Å². The Bertz CT molecular complexity index is 454. The summed E-state index contributed by atoms with van der Waals surface area (Å²) in [6.07, 6.45) is 2.29. The second-order valence-electron chi connectivity index (χ2n) is 5.55. The highest BCUT2D eigenvalue weighted by Gasteiger charge is 2.48. The van der Waals surface area contributed by atoms with Crippen LogP contribution in [0.1, 0.15) is 17.5 Å². The molecule has 1 aromatic carbocycles. The summed E-state index contributed by atoms with van der Waals surface area (Å²) in [7, 11) is 0. The van der Waals surface area contributed by atoms with Crippen molar-refractivity contribution in [2.75, 3.05) is 26.2 Å². The zero-order chi connectivity index (χ0) is 13.3. The number of hydrogen-bond donors (Lipinski definition) is 2. The molecule has 1 aliphatic carbocycles. The first kappa shape index (κ1) is 12.6. The van der Waals surface area contributed by atoms with Gasteiger partial charge in [0.2, 0.25) is 0 Å². The monoisotopic (exact) mass is 260 g/mol. The molecule has 0 spiro atoms. The molecule has 1 fully saturated rings. The number of rotatable bonds is 2. The van der Waals surface area contributed by atoms with E-state index >= 15 is 0 Å². The van der Waals surface area contributed by atoms with E-state index in [-0.39, 0.29) is 0 Å². The maximum absolute atomic E-state index is 11.9. The van der Waals surface area contributed by atoms with Gasteiger partial charge in [-0.25, -0.2) is 0 Å². The summed E-state index contributed by atoms with van der Waals surface area (Å²) in [5.74, 6) is -0.675. The van der Waals surface area contributed by atoms with Crippen LogP contribution in [0.5, 0.6) is 0 Å². The molecule has 3 rings (SSSR count). The highest BCUT2D eigenvalue weighted by Crippen LogP contribution is 2.35. The molecule has 2 N–H and O–H groups in total. The summed E-state index contributed by atoms with van der Waals surface area (Å²) in [5, 5.41) is 13.2. The molecule has 19 heavy (non-hydrogen) atoms. The molecule has 1 saturated heterocycles. The number of carboxylic acids is 1. The minimum absolute atomic E-state index is 0.637. The molecule has 0 radical (unpaired) electrons. The third kappa shape index (κ3) is 2.15. The average Bonchev–Trinajstić information content (AvgIpc) is 2.60. The number of hydrogen-bond acceptors (Lipinski definition) is 3. The summed E-state index contributed by atoms with van der Waals surface area (Å²) < 4.78 is 0. The van der Waals surface area contributed by atoms with Crippen LogP contribution in [-0.4, -0.2) is 47.7 Å². The Morgan fingerprint density at radius 3 is 2.47 bits per heavy atom. The van der Waals surface area contributed by atoms with Gasteiger partial charge in [0, 0.05) is 32.5 Å². The van der Waals surface area contributed by atoms with Crippen molar-refractivity contribution in [3.8, 4) is 0 Å². The third-order valence-electron chi connectivity index (χ3n) is 4.43. The van der Waals surface area contributed by atoms with Crippen molar-refractivity contribution in [2.24, 2.45) is 0 Å². The van der Waals surface area contributed by atoms with Gasteiger partial charge in [-0.2, -0.15) is 0 Å². The fourth-order valence-electron chi connectivity index (χ4n) is 3.38. The molecule has 0 aromatic heterocycles. The van der Waals surface area contributed by atoms with E-state index in [0.29, 0.717) is 12.8 Å². The van der Waals surface area contributed by atoms with E-state index in [1.54, 1.807) is 0 Å². The smallest absolute Gasteiger partial charge is 0.324 e. The average molecular weight is 260 g/mol. The fourth-order valence-corrected chi connectivity index (χ4v) is 3.38. The van der Waals surface area contributed by atoms with Crippen LogP contribution in [0.25, 0.3) is 0 Å². The van der Waals surface area contributed by atoms with E-state index in [1.807, 2.05) is 12.1 Å².